The van der Waals surface area contributed by atoms with Crippen LogP contribution in [0.15, 0.2) is 30.6 Å². The van der Waals surface area contributed by atoms with Gasteiger partial charge in [-0.1, -0.05) is 0 Å². The first kappa shape index (κ1) is 13.9. The molecule has 0 unspecified atom stereocenters. The molecule has 1 aromatic carbocycles. The highest BCUT2D eigenvalue weighted by atomic mass is 19.1. The highest BCUT2D eigenvalue weighted by Crippen LogP contribution is 2.28. The molecule has 0 bridgehead atoms. The van der Waals surface area contributed by atoms with E-state index in [0.717, 1.165) is 31.1 Å². The lowest BCUT2D eigenvalue weighted by atomic mass is 10.2. The molecular weight excluding hydrogens is 274 g/mol. The van der Waals surface area contributed by atoms with Crippen LogP contribution in [0.2, 0.25) is 0 Å². The van der Waals surface area contributed by atoms with Crippen molar-refractivity contribution in [1.29, 1.82) is 0 Å². The maximum Gasteiger partial charge on any atom is 0.128 e. The first-order valence-electron chi connectivity index (χ1n) is 7.08. The second-order valence-corrected chi connectivity index (χ2v) is 5.32. The number of nitrogens with zero attached hydrogens (tertiary/aromatic N) is 3. The first-order valence-corrected chi connectivity index (χ1v) is 7.08. The van der Waals surface area contributed by atoms with E-state index in [1.54, 1.807) is 6.20 Å². The molecule has 0 saturated carbocycles. The molecule has 0 amide bonds. The Bertz CT molecular complexity index is 606. The zero-order valence-electron chi connectivity index (χ0n) is 11.9. The molecule has 0 spiro atoms. The Kier molecular flexibility index (Phi) is 3.77. The minimum atomic E-state index is -0.535. The van der Waals surface area contributed by atoms with Crippen LogP contribution in [0.4, 0.5) is 20.2 Å². The Morgan fingerprint density at radius 2 is 2.05 bits per heavy atom. The lowest BCUT2D eigenvalue weighted by Gasteiger charge is -2.27. The normalized spacial score (nSPS) is 18.2. The molecule has 4 nitrogen and oxygen atoms in total. The monoisotopic (exact) mass is 292 g/mol. The van der Waals surface area contributed by atoms with Gasteiger partial charge in [0.25, 0.3) is 0 Å². The van der Waals surface area contributed by atoms with Gasteiger partial charge >= 0.3 is 0 Å². The average molecular weight is 292 g/mol. The van der Waals surface area contributed by atoms with E-state index in [1.807, 2.05) is 17.9 Å². The van der Waals surface area contributed by atoms with Crippen LogP contribution in [0.5, 0.6) is 0 Å². The summed E-state index contributed by atoms with van der Waals surface area (Å²) in [4.78, 5) is 2.06. The minimum Gasteiger partial charge on any atom is -0.386 e. The maximum absolute atomic E-state index is 13.4. The quantitative estimate of drug-likeness (QED) is 0.940. The van der Waals surface area contributed by atoms with Gasteiger partial charge in [0.15, 0.2) is 0 Å². The predicted molar refractivity (Wildman–Crippen MR) is 78.5 cm³/mol. The molecule has 2 aromatic rings. The molecule has 21 heavy (non-hydrogen) atoms. The third kappa shape index (κ3) is 2.99. The number of halogens is 2. The van der Waals surface area contributed by atoms with Crippen LogP contribution >= 0.6 is 0 Å². The van der Waals surface area contributed by atoms with E-state index in [-0.39, 0.29) is 6.04 Å². The molecular formula is C15H18F2N4. The number of hydrogen-bond acceptors (Lipinski definition) is 3. The standard InChI is InChI=1S/C15H18F2N4/c1-18-13-8-19-20(9-13)10-14-3-2-4-21(14)15-6-11(16)5-12(17)7-15/h5-9,14,18H,2-4,10H2,1H3/t14-/m0/s1. The van der Waals surface area contributed by atoms with Gasteiger partial charge in [0.05, 0.1) is 18.4 Å². The summed E-state index contributed by atoms with van der Waals surface area (Å²) in [5.74, 6) is -1.07. The van der Waals surface area contributed by atoms with Gasteiger partial charge in [0.2, 0.25) is 0 Å². The molecule has 1 fully saturated rings. The van der Waals surface area contributed by atoms with Gasteiger partial charge in [-0.05, 0) is 25.0 Å². The highest BCUT2D eigenvalue weighted by Gasteiger charge is 2.26. The predicted octanol–water partition coefficient (Wildman–Crippen LogP) is 2.87. The summed E-state index contributed by atoms with van der Waals surface area (Å²) >= 11 is 0. The molecule has 1 aromatic heterocycles. The van der Waals surface area contributed by atoms with Gasteiger partial charge in [0.1, 0.15) is 11.6 Å². The van der Waals surface area contributed by atoms with E-state index in [1.165, 1.54) is 12.1 Å². The maximum atomic E-state index is 13.4. The van der Waals surface area contributed by atoms with Crippen molar-refractivity contribution in [2.24, 2.45) is 0 Å². The zero-order valence-corrected chi connectivity index (χ0v) is 11.9. The van der Waals surface area contributed by atoms with Gasteiger partial charge in [-0.2, -0.15) is 5.10 Å². The summed E-state index contributed by atoms with van der Waals surface area (Å²) < 4.78 is 28.6. The van der Waals surface area contributed by atoms with Crippen molar-refractivity contribution in [2.45, 2.75) is 25.4 Å². The van der Waals surface area contributed by atoms with E-state index < -0.39 is 11.6 Å². The molecule has 0 radical (unpaired) electrons. The summed E-state index contributed by atoms with van der Waals surface area (Å²) in [6.07, 6.45) is 5.71. The van der Waals surface area contributed by atoms with Crippen LogP contribution < -0.4 is 10.2 Å². The van der Waals surface area contributed by atoms with Gasteiger partial charge in [-0.25, -0.2) is 8.78 Å². The van der Waals surface area contributed by atoms with E-state index >= 15 is 0 Å². The molecule has 0 aliphatic carbocycles. The van der Waals surface area contributed by atoms with Crippen molar-refractivity contribution >= 4 is 11.4 Å². The van der Waals surface area contributed by atoms with E-state index in [9.17, 15) is 8.78 Å². The third-order valence-corrected chi connectivity index (χ3v) is 3.88. The molecule has 1 aliphatic heterocycles. The second-order valence-electron chi connectivity index (χ2n) is 5.32. The Hall–Kier alpha value is -2.11. The average Bonchev–Trinajstić information content (AvgIpc) is 3.07. The smallest absolute Gasteiger partial charge is 0.128 e. The molecule has 1 N–H and O–H groups in total. The third-order valence-electron chi connectivity index (χ3n) is 3.88. The van der Waals surface area contributed by atoms with Crippen LogP contribution in [0.25, 0.3) is 0 Å². The molecule has 6 heteroatoms. The van der Waals surface area contributed by atoms with E-state index in [0.29, 0.717) is 12.2 Å². The number of nitrogens with one attached hydrogen (secondary N) is 1. The topological polar surface area (TPSA) is 33.1 Å². The van der Waals surface area contributed by atoms with Crippen LogP contribution in [-0.4, -0.2) is 29.4 Å². The Balaban J connectivity index is 1.78. The Morgan fingerprint density at radius 1 is 1.29 bits per heavy atom. The number of hydrogen-bond donors (Lipinski definition) is 1. The van der Waals surface area contributed by atoms with Crippen molar-refractivity contribution in [1.82, 2.24) is 9.78 Å². The lowest BCUT2D eigenvalue weighted by molar-refractivity contribution is 0.507. The van der Waals surface area contributed by atoms with Gasteiger partial charge in [-0.15, -0.1) is 0 Å². The summed E-state index contributed by atoms with van der Waals surface area (Å²) in [6, 6.07) is 3.89. The first-order chi connectivity index (χ1) is 10.2. The highest BCUT2D eigenvalue weighted by molar-refractivity contribution is 5.49. The van der Waals surface area contributed by atoms with Crippen LogP contribution in [0, 0.1) is 11.6 Å². The molecule has 1 aliphatic rings. The Labute approximate surface area is 122 Å². The van der Waals surface area contributed by atoms with Crippen LogP contribution in [-0.2, 0) is 6.54 Å². The van der Waals surface area contributed by atoms with E-state index in [4.69, 9.17) is 0 Å². The summed E-state index contributed by atoms with van der Waals surface area (Å²) in [6.45, 7) is 1.52. The number of rotatable bonds is 4. The lowest BCUT2D eigenvalue weighted by Crippen LogP contribution is -2.33. The summed E-state index contributed by atoms with van der Waals surface area (Å²) in [7, 11) is 1.85. The summed E-state index contributed by atoms with van der Waals surface area (Å²) in [5.41, 5.74) is 1.56. The zero-order chi connectivity index (χ0) is 14.8. The SMILES string of the molecule is CNc1cnn(C[C@@H]2CCCN2c2cc(F)cc(F)c2)c1. The molecule has 2 heterocycles. The van der Waals surface area contributed by atoms with Gasteiger partial charge in [-0.3, -0.25) is 4.68 Å². The minimum absolute atomic E-state index is 0.204. The van der Waals surface area contributed by atoms with Crippen molar-refractivity contribution in [3.63, 3.8) is 0 Å². The van der Waals surface area contributed by atoms with Crippen LogP contribution in [0.1, 0.15) is 12.8 Å². The fraction of sp³-hybridized carbons (Fsp3) is 0.400. The number of aromatic nitrogens is 2. The molecule has 1 saturated heterocycles. The van der Waals surface area contributed by atoms with Crippen molar-refractivity contribution < 1.29 is 8.78 Å². The van der Waals surface area contributed by atoms with E-state index in [2.05, 4.69) is 15.3 Å². The molecule has 1 atom stereocenters. The summed E-state index contributed by atoms with van der Waals surface area (Å²) in [5, 5.41) is 7.33. The largest absolute Gasteiger partial charge is 0.386 e. The van der Waals surface area contributed by atoms with Crippen molar-refractivity contribution in [3.05, 3.63) is 42.2 Å². The number of anilines is 2. The Morgan fingerprint density at radius 3 is 2.71 bits per heavy atom. The van der Waals surface area contributed by atoms with Crippen molar-refractivity contribution in [2.75, 3.05) is 23.8 Å². The second kappa shape index (κ2) is 5.71. The van der Waals surface area contributed by atoms with Crippen molar-refractivity contribution in [3.8, 4) is 0 Å². The number of benzene rings is 1. The molecule has 3 rings (SSSR count). The van der Waals surface area contributed by atoms with Gasteiger partial charge in [0, 0.05) is 37.6 Å². The molecule has 112 valence electrons. The van der Waals surface area contributed by atoms with Crippen LogP contribution in [0.3, 0.4) is 0 Å². The fourth-order valence-electron chi connectivity index (χ4n) is 2.88. The van der Waals surface area contributed by atoms with Gasteiger partial charge < -0.3 is 10.2 Å². The fourth-order valence-corrected chi connectivity index (χ4v) is 2.88.